The summed E-state index contributed by atoms with van der Waals surface area (Å²) in [6, 6.07) is 1.71. The van der Waals surface area contributed by atoms with Gasteiger partial charge < -0.3 is 4.42 Å². The van der Waals surface area contributed by atoms with Crippen molar-refractivity contribution in [2.24, 2.45) is 5.92 Å². The fraction of sp³-hybridized carbons (Fsp3) is 0.400. The molecule has 1 aromatic rings. The molecule has 82 valence electrons. The van der Waals surface area contributed by atoms with Crippen molar-refractivity contribution in [3.63, 3.8) is 0 Å². The maximum Gasteiger partial charge on any atom is 0.250 e. The van der Waals surface area contributed by atoms with Gasteiger partial charge in [0.25, 0.3) is 0 Å². The molecular weight excluding hydrogens is 262 g/mol. The van der Waals surface area contributed by atoms with Crippen LogP contribution in [-0.2, 0) is 0 Å². The van der Waals surface area contributed by atoms with E-state index in [-0.39, 0.29) is 16.5 Å². The first kappa shape index (κ1) is 12.0. The van der Waals surface area contributed by atoms with Crippen molar-refractivity contribution in [3.05, 3.63) is 38.4 Å². The molecule has 0 aliphatic rings. The molecule has 0 fully saturated rings. The number of nitrogens with zero attached hydrogens (tertiary/aromatic N) is 1. The zero-order valence-corrected chi connectivity index (χ0v) is 10.2. The van der Waals surface area contributed by atoms with E-state index in [0.717, 1.165) is 4.47 Å². The third-order valence-electron chi connectivity index (χ3n) is 1.79. The zero-order chi connectivity index (χ0) is 11.4. The summed E-state index contributed by atoms with van der Waals surface area (Å²) in [5.41, 5.74) is 0.167. The highest BCUT2D eigenvalue weighted by atomic mass is 79.9. The minimum atomic E-state index is -0.366. The van der Waals surface area contributed by atoms with Crippen LogP contribution in [0, 0.1) is 16.0 Å². The number of allylic oxidation sites excluding steroid dienone is 1. The molecule has 1 rings (SSSR count). The van der Waals surface area contributed by atoms with Crippen LogP contribution in [0.25, 0.3) is 6.08 Å². The van der Waals surface area contributed by atoms with Crippen LogP contribution < -0.4 is 0 Å². The fourth-order valence-electron chi connectivity index (χ4n) is 1.16. The first-order chi connectivity index (χ1) is 7.00. The number of furan rings is 1. The van der Waals surface area contributed by atoms with Crippen LogP contribution in [0.3, 0.4) is 0 Å². The van der Waals surface area contributed by atoms with E-state index in [1.165, 1.54) is 12.3 Å². The van der Waals surface area contributed by atoms with Gasteiger partial charge in [-0.3, -0.25) is 10.1 Å². The van der Waals surface area contributed by atoms with Gasteiger partial charge in [0.05, 0.1) is 21.7 Å². The molecule has 0 N–H and O–H groups in total. The van der Waals surface area contributed by atoms with Crippen LogP contribution in [0.5, 0.6) is 0 Å². The monoisotopic (exact) mass is 273 g/mol. The first-order valence-corrected chi connectivity index (χ1v) is 5.38. The van der Waals surface area contributed by atoms with Gasteiger partial charge in [-0.15, -0.1) is 0 Å². The van der Waals surface area contributed by atoms with E-state index in [0.29, 0.717) is 12.2 Å². The molecule has 0 aliphatic carbocycles. The molecule has 0 unspecified atom stereocenters. The molecule has 0 aromatic carbocycles. The molecule has 1 heterocycles. The third kappa shape index (κ3) is 3.51. The lowest BCUT2D eigenvalue weighted by atomic mass is 10.1. The van der Waals surface area contributed by atoms with E-state index in [2.05, 4.69) is 15.9 Å². The Morgan fingerprint density at radius 2 is 2.40 bits per heavy atom. The van der Waals surface area contributed by atoms with Gasteiger partial charge in [-0.1, -0.05) is 13.8 Å². The summed E-state index contributed by atoms with van der Waals surface area (Å²) in [4.78, 5) is 10.4. The lowest BCUT2D eigenvalue weighted by Crippen LogP contribution is -2.02. The zero-order valence-electron chi connectivity index (χ0n) is 8.57. The summed E-state index contributed by atoms with van der Waals surface area (Å²) >= 11 is 3.25. The van der Waals surface area contributed by atoms with Crippen LogP contribution in [0.15, 0.2) is 26.9 Å². The largest absolute Gasteiger partial charge is 0.464 e. The highest BCUT2D eigenvalue weighted by Gasteiger charge is 2.15. The molecule has 0 spiro atoms. The number of hydrogen-bond acceptors (Lipinski definition) is 3. The molecule has 0 radical (unpaired) electrons. The van der Waals surface area contributed by atoms with Gasteiger partial charge in [-0.25, -0.2) is 0 Å². The Morgan fingerprint density at radius 3 is 2.80 bits per heavy atom. The molecule has 0 saturated heterocycles. The van der Waals surface area contributed by atoms with Gasteiger partial charge >= 0.3 is 0 Å². The van der Waals surface area contributed by atoms with Crippen molar-refractivity contribution in [1.29, 1.82) is 0 Å². The Morgan fingerprint density at radius 1 is 1.73 bits per heavy atom. The Bertz CT molecular complexity index is 382. The van der Waals surface area contributed by atoms with Gasteiger partial charge in [-0.2, -0.15) is 0 Å². The highest BCUT2D eigenvalue weighted by molar-refractivity contribution is 9.10. The predicted octanol–water partition coefficient (Wildman–Crippen LogP) is 3.71. The Balaban J connectivity index is 2.94. The summed E-state index contributed by atoms with van der Waals surface area (Å²) in [5.74, 6) is 0.734. The van der Waals surface area contributed by atoms with Crippen molar-refractivity contribution >= 4 is 22.0 Å². The molecule has 0 saturated carbocycles. The van der Waals surface area contributed by atoms with Crippen LogP contribution in [-0.4, -0.2) is 4.92 Å². The quantitative estimate of drug-likeness (QED) is 0.621. The van der Waals surface area contributed by atoms with Crippen molar-refractivity contribution in [1.82, 2.24) is 0 Å². The summed E-state index contributed by atoms with van der Waals surface area (Å²) in [6.45, 7) is 3.88. The summed E-state index contributed by atoms with van der Waals surface area (Å²) in [5, 5.41) is 10.8. The van der Waals surface area contributed by atoms with Gasteiger partial charge in [0, 0.05) is 6.42 Å². The number of nitro groups is 1. The second-order valence-corrected chi connectivity index (χ2v) is 4.48. The minimum Gasteiger partial charge on any atom is -0.464 e. The van der Waals surface area contributed by atoms with Crippen LogP contribution in [0.4, 0.5) is 0 Å². The second kappa shape index (κ2) is 5.11. The summed E-state index contributed by atoms with van der Waals surface area (Å²) in [6.07, 6.45) is 3.38. The Hall–Kier alpha value is -1.10. The SMILES string of the molecule is CC(C)C/C(=C/c1occc1Br)[N+](=O)[O-]. The minimum absolute atomic E-state index is 0.167. The molecule has 1 aromatic heterocycles. The van der Waals surface area contributed by atoms with Gasteiger partial charge in [0.1, 0.15) is 5.76 Å². The van der Waals surface area contributed by atoms with E-state index < -0.39 is 0 Å². The van der Waals surface area contributed by atoms with Crippen LogP contribution >= 0.6 is 15.9 Å². The standard InChI is InChI=1S/C10H12BrNO3/c1-7(2)5-8(12(13)14)6-10-9(11)3-4-15-10/h3-4,6-7H,5H2,1-2H3/b8-6-. The predicted molar refractivity (Wildman–Crippen MR) is 60.8 cm³/mol. The van der Waals surface area contributed by atoms with E-state index in [1.807, 2.05) is 13.8 Å². The molecule has 0 bridgehead atoms. The Kier molecular flexibility index (Phi) is 4.08. The summed E-state index contributed by atoms with van der Waals surface area (Å²) in [7, 11) is 0. The number of rotatable bonds is 4. The second-order valence-electron chi connectivity index (χ2n) is 3.62. The van der Waals surface area contributed by atoms with Crippen LogP contribution in [0.1, 0.15) is 26.0 Å². The molecule has 15 heavy (non-hydrogen) atoms. The maximum absolute atomic E-state index is 10.8. The topological polar surface area (TPSA) is 56.3 Å². The molecular formula is C10H12BrNO3. The first-order valence-electron chi connectivity index (χ1n) is 4.58. The average Bonchev–Trinajstić information content (AvgIpc) is 2.50. The molecule has 0 atom stereocenters. The molecule has 0 amide bonds. The molecule has 4 nitrogen and oxygen atoms in total. The third-order valence-corrected chi connectivity index (χ3v) is 2.45. The summed E-state index contributed by atoms with van der Waals surface area (Å²) < 4.78 is 5.83. The maximum atomic E-state index is 10.8. The smallest absolute Gasteiger partial charge is 0.250 e. The van der Waals surface area contributed by atoms with E-state index in [9.17, 15) is 10.1 Å². The lowest BCUT2D eigenvalue weighted by Gasteiger charge is -2.01. The van der Waals surface area contributed by atoms with Gasteiger partial charge in [-0.05, 0) is 27.9 Å². The van der Waals surface area contributed by atoms with Crippen molar-refractivity contribution in [2.75, 3.05) is 0 Å². The number of halogens is 1. The van der Waals surface area contributed by atoms with Gasteiger partial charge in [0.2, 0.25) is 5.70 Å². The van der Waals surface area contributed by atoms with E-state index in [4.69, 9.17) is 4.42 Å². The lowest BCUT2D eigenvalue weighted by molar-refractivity contribution is -0.427. The van der Waals surface area contributed by atoms with Crippen molar-refractivity contribution < 1.29 is 9.34 Å². The van der Waals surface area contributed by atoms with E-state index in [1.54, 1.807) is 6.07 Å². The average molecular weight is 274 g/mol. The Labute approximate surface area is 96.2 Å². The fourth-order valence-corrected chi connectivity index (χ4v) is 1.48. The van der Waals surface area contributed by atoms with Crippen LogP contribution in [0.2, 0.25) is 0 Å². The number of hydrogen-bond donors (Lipinski definition) is 0. The highest BCUT2D eigenvalue weighted by Crippen LogP contribution is 2.22. The van der Waals surface area contributed by atoms with Gasteiger partial charge in [0.15, 0.2) is 0 Å². The van der Waals surface area contributed by atoms with E-state index >= 15 is 0 Å². The normalized spacial score (nSPS) is 12.1. The molecule has 5 heteroatoms. The van der Waals surface area contributed by atoms with Crippen molar-refractivity contribution in [3.8, 4) is 0 Å². The molecule has 0 aliphatic heterocycles. The van der Waals surface area contributed by atoms with Crippen molar-refractivity contribution in [2.45, 2.75) is 20.3 Å².